The summed E-state index contributed by atoms with van der Waals surface area (Å²) in [6.45, 7) is 0. The SMILES string of the molecule is Cn1c(=O)[nH]c2cc(NS(=O)(=O)c3cccs3)ccc21. The Bertz CT molecular complexity index is 921. The van der Waals surface area contributed by atoms with Gasteiger partial charge in [-0.3, -0.25) is 9.29 Å². The van der Waals surface area contributed by atoms with Crippen molar-refractivity contribution in [3.8, 4) is 0 Å². The number of hydrogen-bond acceptors (Lipinski definition) is 4. The van der Waals surface area contributed by atoms with Crippen molar-refractivity contribution in [2.45, 2.75) is 4.21 Å². The molecular weight excluding hydrogens is 298 g/mol. The van der Waals surface area contributed by atoms with Crippen molar-refractivity contribution in [2.75, 3.05) is 4.72 Å². The lowest BCUT2D eigenvalue weighted by Crippen LogP contribution is -2.11. The quantitative estimate of drug-likeness (QED) is 0.773. The number of H-pyrrole nitrogens is 1. The van der Waals surface area contributed by atoms with Crippen LogP contribution in [0.3, 0.4) is 0 Å². The second-order valence-corrected chi connectivity index (χ2v) is 7.12. The van der Waals surface area contributed by atoms with Gasteiger partial charge in [-0.1, -0.05) is 6.07 Å². The van der Waals surface area contributed by atoms with Crippen LogP contribution in [0, 0.1) is 0 Å². The summed E-state index contributed by atoms with van der Waals surface area (Å²) >= 11 is 1.15. The van der Waals surface area contributed by atoms with Gasteiger partial charge in [-0.15, -0.1) is 11.3 Å². The minimum absolute atomic E-state index is 0.238. The summed E-state index contributed by atoms with van der Waals surface area (Å²) in [6.07, 6.45) is 0. The maximum atomic E-state index is 12.1. The van der Waals surface area contributed by atoms with E-state index < -0.39 is 10.0 Å². The highest BCUT2D eigenvalue weighted by Gasteiger charge is 2.15. The van der Waals surface area contributed by atoms with Crippen LogP contribution in [0.5, 0.6) is 0 Å². The predicted octanol–water partition coefficient (Wildman–Crippen LogP) is 1.73. The summed E-state index contributed by atoms with van der Waals surface area (Å²) in [6, 6.07) is 8.13. The first kappa shape index (κ1) is 12.9. The standard InChI is InChI=1S/C12H11N3O3S2/c1-15-10-5-4-8(7-9(10)13-12(15)16)14-20(17,18)11-3-2-6-19-11/h2-7,14H,1H3,(H,13,16). The molecule has 0 bridgehead atoms. The number of thiophene rings is 1. The number of rotatable bonds is 3. The summed E-state index contributed by atoms with van der Waals surface area (Å²) in [7, 11) is -1.92. The Hall–Kier alpha value is -2.06. The lowest BCUT2D eigenvalue weighted by molar-refractivity contribution is 0.603. The molecule has 2 aromatic heterocycles. The van der Waals surface area contributed by atoms with Crippen LogP contribution in [-0.2, 0) is 17.1 Å². The van der Waals surface area contributed by atoms with E-state index in [1.807, 2.05) is 0 Å². The molecule has 104 valence electrons. The fraction of sp³-hybridized carbons (Fsp3) is 0.0833. The number of benzene rings is 1. The van der Waals surface area contributed by atoms with Crippen LogP contribution in [0.25, 0.3) is 11.0 Å². The molecule has 0 saturated carbocycles. The Labute approximate surface area is 118 Å². The Balaban J connectivity index is 2.02. The highest BCUT2D eigenvalue weighted by atomic mass is 32.2. The molecule has 0 aliphatic heterocycles. The predicted molar refractivity (Wildman–Crippen MR) is 78.7 cm³/mol. The lowest BCUT2D eigenvalue weighted by Gasteiger charge is -2.06. The molecule has 0 saturated heterocycles. The summed E-state index contributed by atoms with van der Waals surface area (Å²) in [5.74, 6) is 0. The van der Waals surface area contributed by atoms with Gasteiger partial charge in [0, 0.05) is 7.05 Å². The molecule has 0 aliphatic carbocycles. The third-order valence-electron chi connectivity index (χ3n) is 2.92. The van der Waals surface area contributed by atoms with E-state index in [9.17, 15) is 13.2 Å². The first-order valence-electron chi connectivity index (χ1n) is 5.72. The molecule has 2 N–H and O–H groups in total. The number of aromatic amines is 1. The van der Waals surface area contributed by atoms with Gasteiger partial charge in [0.15, 0.2) is 0 Å². The molecule has 0 radical (unpaired) electrons. The van der Waals surface area contributed by atoms with E-state index >= 15 is 0 Å². The maximum Gasteiger partial charge on any atom is 0.326 e. The van der Waals surface area contributed by atoms with Crippen molar-refractivity contribution in [2.24, 2.45) is 7.05 Å². The largest absolute Gasteiger partial charge is 0.326 e. The number of fused-ring (bicyclic) bond motifs is 1. The monoisotopic (exact) mass is 309 g/mol. The van der Waals surface area contributed by atoms with Gasteiger partial charge in [0.05, 0.1) is 16.7 Å². The molecule has 0 spiro atoms. The van der Waals surface area contributed by atoms with Gasteiger partial charge in [-0.25, -0.2) is 13.2 Å². The molecule has 0 fully saturated rings. The molecule has 8 heteroatoms. The number of hydrogen-bond donors (Lipinski definition) is 2. The highest BCUT2D eigenvalue weighted by Crippen LogP contribution is 2.22. The fourth-order valence-corrected chi connectivity index (χ4v) is 3.96. The zero-order valence-electron chi connectivity index (χ0n) is 10.5. The summed E-state index contributed by atoms with van der Waals surface area (Å²) in [4.78, 5) is 14.2. The van der Waals surface area contributed by atoms with E-state index in [-0.39, 0.29) is 9.90 Å². The van der Waals surface area contributed by atoms with Gasteiger partial charge in [-0.2, -0.15) is 0 Å². The molecule has 2 heterocycles. The zero-order valence-corrected chi connectivity index (χ0v) is 12.1. The van der Waals surface area contributed by atoms with Crippen molar-refractivity contribution in [3.05, 3.63) is 46.2 Å². The van der Waals surface area contributed by atoms with Crippen LogP contribution >= 0.6 is 11.3 Å². The molecule has 0 atom stereocenters. The van der Waals surface area contributed by atoms with Crippen LogP contribution in [-0.4, -0.2) is 18.0 Å². The fourth-order valence-electron chi connectivity index (χ4n) is 1.92. The van der Waals surface area contributed by atoms with E-state index in [1.165, 1.54) is 10.6 Å². The third-order valence-corrected chi connectivity index (χ3v) is 5.70. The number of imidazole rings is 1. The Kier molecular flexibility index (Phi) is 2.91. The Morgan fingerprint density at radius 2 is 2.10 bits per heavy atom. The topological polar surface area (TPSA) is 84.0 Å². The van der Waals surface area contributed by atoms with E-state index in [1.54, 1.807) is 36.7 Å². The summed E-state index contributed by atoms with van der Waals surface area (Å²) in [5, 5.41) is 1.70. The first-order chi connectivity index (χ1) is 9.47. The Morgan fingerprint density at radius 1 is 1.30 bits per heavy atom. The Morgan fingerprint density at radius 3 is 2.80 bits per heavy atom. The minimum Gasteiger partial charge on any atom is -0.305 e. The average molecular weight is 309 g/mol. The number of anilines is 1. The average Bonchev–Trinajstić information content (AvgIpc) is 2.99. The molecule has 6 nitrogen and oxygen atoms in total. The minimum atomic E-state index is -3.57. The van der Waals surface area contributed by atoms with Gasteiger partial charge in [-0.05, 0) is 29.6 Å². The third kappa shape index (κ3) is 2.12. The molecule has 0 aliphatic rings. The molecular formula is C12H11N3O3S2. The van der Waals surface area contributed by atoms with Gasteiger partial charge in [0.25, 0.3) is 10.0 Å². The van der Waals surface area contributed by atoms with E-state index in [2.05, 4.69) is 9.71 Å². The second kappa shape index (κ2) is 4.50. The van der Waals surface area contributed by atoms with Crippen LogP contribution < -0.4 is 10.4 Å². The normalized spacial score (nSPS) is 11.8. The molecule has 0 amide bonds. The van der Waals surface area contributed by atoms with Gasteiger partial charge in [0.2, 0.25) is 0 Å². The number of nitrogens with one attached hydrogen (secondary N) is 2. The number of nitrogens with zero attached hydrogens (tertiary/aromatic N) is 1. The van der Waals surface area contributed by atoms with Crippen molar-refractivity contribution in [1.82, 2.24) is 9.55 Å². The number of aromatic nitrogens is 2. The number of aryl methyl sites for hydroxylation is 1. The highest BCUT2D eigenvalue weighted by molar-refractivity contribution is 7.94. The van der Waals surface area contributed by atoms with Crippen LogP contribution in [0.2, 0.25) is 0 Å². The molecule has 0 unspecified atom stereocenters. The summed E-state index contributed by atoms with van der Waals surface area (Å²) < 4.78 is 28.4. The van der Waals surface area contributed by atoms with Crippen molar-refractivity contribution in [3.63, 3.8) is 0 Å². The maximum absolute atomic E-state index is 12.1. The molecule has 20 heavy (non-hydrogen) atoms. The van der Waals surface area contributed by atoms with Crippen LogP contribution in [0.4, 0.5) is 5.69 Å². The van der Waals surface area contributed by atoms with Crippen molar-refractivity contribution in [1.29, 1.82) is 0 Å². The number of sulfonamides is 1. The van der Waals surface area contributed by atoms with E-state index in [4.69, 9.17) is 0 Å². The lowest BCUT2D eigenvalue weighted by atomic mass is 10.3. The smallest absolute Gasteiger partial charge is 0.305 e. The van der Waals surface area contributed by atoms with Crippen LogP contribution in [0.1, 0.15) is 0 Å². The van der Waals surface area contributed by atoms with Crippen molar-refractivity contribution >= 4 is 38.1 Å². The van der Waals surface area contributed by atoms with E-state index in [0.717, 1.165) is 11.3 Å². The summed E-state index contributed by atoms with van der Waals surface area (Å²) in [5.41, 5.74) is 1.48. The van der Waals surface area contributed by atoms with Gasteiger partial charge < -0.3 is 4.98 Å². The van der Waals surface area contributed by atoms with Gasteiger partial charge >= 0.3 is 5.69 Å². The van der Waals surface area contributed by atoms with E-state index in [0.29, 0.717) is 16.7 Å². The molecule has 1 aromatic carbocycles. The van der Waals surface area contributed by atoms with Crippen LogP contribution in [0.15, 0.2) is 44.7 Å². The molecule has 3 rings (SSSR count). The van der Waals surface area contributed by atoms with Crippen molar-refractivity contribution < 1.29 is 8.42 Å². The van der Waals surface area contributed by atoms with Gasteiger partial charge in [0.1, 0.15) is 4.21 Å². The molecule has 3 aromatic rings. The second-order valence-electron chi connectivity index (χ2n) is 4.26. The zero-order chi connectivity index (χ0) is 14.3. The first-order valence-corrected chi connectivity index (χ1v) is 8.09.